The number of nitrogens with zero attached hydrogens (tertiary/aromatic N) is 1. The number of rotatable bonds is 7. The van der Waals surface area contributed by atoms with E-state index in [4.69, 9.17) is 5.73 Å². The molecule has 0 aliphatic carbocycles. The molecule has 1 aromatic carbocycles. The van der Waals surface area contributed by atoms with E-state index in [-0.39, 0.29) is 18.1 Å². The SMILES string of the molecule is CCN(Cc1ccccc1)C(=O)[C@@H](N)CCS(C)(=O)=O. The molecule has 0 aliphatic rings. The molecule has 0 bridgehead atoms. The number of benzene rings is 1. The lowest BCUT2D eigenvalue weighted by atomic mass is 10.1. The Kier molecular flexibility index (Phi) is 6.16. The molecule has 1 rings (SSSR count). The lowest BCUT2D eigenvalue weighted by Gasteiger charge is -2.24. The third kappa shape index (κ3) is 5.71. The van der Waals surface area contributed by atoms with Crippen molar-refractivity contribution in [3.63, 3.8) is 0 Å². The Labute approximate surface area is 120 Å². The molecule has 0 spiro atoms. The molecule has 112 valence electrons. The third-order valence-electron chi connectivity index (χ3n) is 3.03. The zero-order valence-corrected chi connectivity index (χ0v) is 12.8. The van der Waals surface area contributed by atoms with Gasteiger partial charge in [-0.3, -0.25) is 4.79 Å². The van der Waals surface area contributed by atoms with Crippen LogP contribution in [0.2, 0.25) is 0 Å². The van der Waals surface area contributed by atoms with Gasteiger partial charge in [0.2, 0.25) is 5.91 Å². The molecule has 5 nitrogen and oxygen atoms in total. The van der Waals surface area contributed by atoms with Crippen molar-refractivity contribution in [3.05, 3.63) is 35.9 Å². The summed E-state index contributed by atoms with van der Waals surface area (Å²) in [7, 11) is -3.09. The first kappa shape index (κ1) is 16.7. The zero-order chi connectivity index (χ0) is 15.2. The highest BCUT2D eigenvalue weighted by Crippen LogP contribution is 2.07. The van der Waals surface area contributed by atoms with Crippen molar-refractivity contribution in [2.45, 2.75) is 25.9 Å². The first-order chi connectivity index (χ1) is 9.33. The molecule has 0 heterocycles. The molecule has 0 unspecified atom stereocenters. The molecule has 6 heteroatoms. The predicted octanol–water partition coefficient (Wildman–Crippen LogP) is 0.797. The normalized spacial score (nSPS) is 12.9. The quantitative estimate of drug-likeness (QED) is 0.807. The summed E-state index contributed by atoms with van der Waals surface area (Å²) in [5, 5.41) is 0. The fraction of sp³-hybridized carbons (Fsp3) is 0.500. The summed E-state index contributed by atoms with van der Waals surface area (Å²) in [5.74, 6) is -0.275. The molecule has 1 aromatic rings. The van der Waals surface area contributed by atoms with Crippen molar-refractivity contribution >= 4 is 15.7 Å². The zero-order valence-electron chi connectivity index (χ0n) is 12.0. The van der Waals surface area contributed by atoms with Crippen LogP contribution in [0.3, 0.4) is 0 Å². The van der Waals surface area contributed by atoms with Crippen molar-refractivity contribution in [1.82, 2.24) is 4.90 Å². The minimum atomic E-state index is -3.09. The lowest BCUT2D eigenvalue weighted by Crippen LogP contribution is -2.44. The number of hydrogen-bond acceptors (Lipinski definition) is 4. The number of sulfone groups is 1. The van der Waals surface area contributed by atoms with Gasteiger partial charge in [-0.15, -0.1) is 0 Å². The summed E-state index contributed by atoms with van der Waals surface area (Å²) in [6.07, 6.45) is 1.30. The number of likely N-dealkylation sites (N-methyl/N-ethyl adjacent to an activating group) is 1. The second-order valence-electron chi connectivity index (χ2n) is 4.86. The van der Waals surface area contributed by atoms with E-state index in [0.29, 0.717) is 13.1 Å². The van der Waals surface area contributed by atoms with Gasteiger partial charge in [-0.25, -0.2) is 8.42 Å². The van der Waals surface area contributed by atoms with Crippen molar-refractivity contribution in [1.29, 1.82) is 0 Å². The Bertz CT molecular complexity index is 529. The van der Waals surface area contributed by atoms with Gasteiger partial charge in [0.05, 0.1) is 11.8 Å². The Morgan fingerprint density at radius 3 is 2.40 bits per heavy atom. The smallest absolute Gasteiger partial charge is 0.239 e. The average molecular weight is 298 g/mol. The Morgan fingerprint density at radius 2 is 1.90 bits per heavy atom. The first-order valence-corrected chi connectivity index (χ1v) is 8.65. The Morgan fingerprint density at radius 1 is 1.30 bits per heavy atom. The van der Waals surface area contributed by atoms with Gasteiger partial charge in [0.25, 0.3) is 0 Å². The van der Waals surface area contributed by atoms with Gasteiger partial charge in [0, 0.05) is 19.3 Å². The molecular formula is C14H22N2O3S. The van der Waals surface area contributed by atoms with E-state index >= 15 is 0 Å². The fourth-order valence-electron chi connectivity index (χ4n) is 1.85. The highest BCUT2D eigenvalue weighted by molar-refractivity contribution is 7.90. The highest BCUT2D eigenvalue weighted by atomic mass is 32.2. The summed E-state index contributed by atoms with van der Waals surface area (Å²) in [4.78, 5) is 13.8. The Balaban J connectivity index is 2.62. The first-order valence-electron chi connectivity index (χ1n) is 6.59. The lowest BCUT2D eigenvalue weighted by molar-refractivity contribution is -0.133. The number of carbonyl (C=O) groups is 1. The third-order valence-corrected chi connectivity index (χ3v) is 4.00. The van der Waals surface area contributed by atoms with E-state index in [0.717, 1.165) is 11.8 Å². The van der Waals surface area contributed by atoms with Gasteiger partial charge in [0.15, 0.2) is 0 Å². The van der Waals surface area contributed by atoms with Gasteiger partial charge in [-0.05, 0) is 18.9 Å². The summed E-state index contributed by atoms with van der Waals surface area (Å²) in [5.41, 5.74) is 6.82. The molecule has 20 heavy (non-hydrogen) atoms. The van der Waals surface area contributed by atoms with E-state index in [1.165, 1.54) is 0 Å². The van der Waals surface area contributed by atoms with Crippen LogP contribution in [0.25, 0.3) is 0 Å². The van der Waals surface area contributed by atoms with Crippen LogP contribution in [0, 0.1) is 0 Å². The van der Waals surface area contributed by atoms with Gasteiger partial charge in [0.1, 0.15) is 9.84 Å². The second-order valence-corrected chi connectivity index (χ2v) is 7.12. The molecule has 0 saturated heterocycles. The molecule has 0 fully saturated rings. The van der Waals surface area contributed by atoms with E-state index < -0.39 is 15.9 Å². The number of carbonyl (C=O) groups excluding carboxylic acids is 1. The average Bonchev–Trinajstić information content (AvgIpc) is 2.41. The van der Waals surface area contributed by atoms with E-state index in [9.17, 15) is 13.2 Å². The largest absolute Gasteiger partial charge is 0.337 e. The molecule has 0 saturated carbocycles. The monoisotopic (exact) mass is 298 g/mol. The van der Waals surface area contributed by atoms with Gasteiger partial charge < -0.3 is 10.6 Å². The predicted molar refractivity (Wildman–Crippen MR) is 79.8 cm³/mol. The summed E-state index contributed by atoms with van der Waals surface area (Å²) in [6.45, 7) is 2.91. The molecule has 0 aromatic heterocycles. The van der Waals surface area contributed by atoms with Crippen molar-refractivity contribution in [2.75, 3.05) is 18.6 Å². The van der Waals surface area contributed by atoms with Gasteiger partial charge >= 0.3 is 0 Å². The van der Waals surface area contributed by atoms with E-state index in [2.05, 4.69) is 0 Å². The number of nitrogens with two attached hydrogens (primary N) is 1. The van der Waals surface area contributed by atoms with Crippen LogP contribution >= 0.6 is 0 Å². The topological polar surface area (TPSA) is 80.5 Å². The van der Waals surface area contributed by atoms with Crippen LogP contribution in [0.15, 0.2) is 30.3 Å². The minimum absolute atomic E-state index is 0.0667. The molecule has 1 atom stereocenters. The van der Waals surface area contributed by atoms with Crippen molar-refractivity contribution in [3.8, 4) is 0 Å². The van der Waals surface area contributed by atoms with Crippen LogP contribution in [-0.4, -0.2) is 43.8 Å². The molecule has 2 N–H and O–H groups in total. The van der Waals surface area contributed by atoms with Crippen molar-refractivity contribution in [2.24, 2.45) is 5.73 Å². The fourth-order valence-corrected chi connectivity index (χ4v) is 2.53. The van der Waals surface area contributed by atoms with Crippen LogP contribution in [0.5, 0.6) is 0 Å². The molecular weight excluding hydrogens is 276 g/mol. The maximum atomic E-state index is 12.2. The second kappa shape index (κ2) is 7.40. The van der Waals surface area contributed by atoms with Gasteiger partial charge in [-0.2, -0.15) is 0 Å². The van der Waals surface area contributed by atoms with Crippen LogP contribution in [-0.2, 0) is 21.2 Å². The standard InChI is InChI=1S/C14H22N2O3S/c1-3-16(11-12-7-5-4-6-8-12)14(17)13(15)9-10-20(2,18)19/h4-8,13H,3,9-11,15H2,1-2H3/t13-/m0/s1. The van der Waals surface area contributed by atoms with Crippen LogP contribution in [0.4, 0.5) is 0 Å². The minimum Gasteiger partial charge on any atom is -0.337 e. The number of hydrogen-bond donors (Lipinski definition) is 1. The van der Waals surface area contributed by atoms with Crippen molar-refractivity contribution < 1.29 is 13.2 Å². The Hall–Kier alpha value is -1.40. The number of amides is 1. The highest BCUT2D eigenvalue weighted by Gasteiger charge is 2.21. The molecule has 0 aliphatic heterocycles. The summed E-state index contributed by atoms with van der Waals surface area (Å²) in [6, 6.07) is 8.86. The van der Waals surface area contributed by atoms with Crippen LogP contribution in [0.1, 0.15) is 18.9 Å². The molecule has 0 radical (unpaired) electrons. The van der Waals surface area contributed by atoms with Crippen LogP contribution < -0.4 is 5.73 Å². The molecule has 1 amide bonds. The van der Waals surface area contributed by atoms with E-state index in [1.807, 2.05) is 37.3 Å². The van der Waals surface area contributed by atoms with E-state index in [1.54, 1.807) is 4.90 Å². The maximum Gasteiger partial charge on any atom is 0.239 e. The summed E-state index contributed by atoms with van der Waals surface area (Å²) >= 11 is 0. The maximum absolute atomic E-state index is 12.2. The summed E-state index contributed by atoms with van der Waals surface area (Å²) < 4.78 is 22.2. The van der Waals surface area contributed by atoms with Gasteiger partial charge in [-0.1, -0.05) is 30.3 Å².